The quantitative estimate of drug-likeness (QED) is 0.261. The second-order valence-electron chi connectivity index (χ2n) is 8.26. The van der Waals surface area contributed by atoms with E-state index in [-0.39, 0.29) is 40.3 Å². The average Bonchev–Trinajstić information content (AvgIpc) is 2.91. The highest BCUT2D eigenvalue weighted by molar-refractivity contribution is 8.00. The summed E-state index contributed by atoms with van der Waals surface area (Å²) in [5, 5.41) is 6.07. The molecule has 0 heterocycles. The highest BCUT2D eigenvalue weighted by atomic mass is 35.5. The molecule has 182 valence electrons. The zero-order valence-corrected chi connectivity index (χ0v) is 20.9. The lowest BCUT2D eigenvalue weighted by atomic mass is 9.83. The molecule has 2 N–H and O–H groups in total. The van der Waals surface area contributed by atoms with Gasteiger partial charge >= 0.3 is 0 Å². The van der Waals surface area contributed by atoms with Gasteiger partial charge in [-0.2, -0.15) is 0 Å². The molecular formula is C29H19ClN2O4S. The van der Waals surface area contributed by atoms with Crippen LogP contribution >= 0.6 is 23.4 Å². The largest absolute Gasteiger partial charge is 0.325 e. The molecule has 0 aliphatic heterocycles. The molecule has 0 radical (unpaired) electrons. The maximum absolute atomic E-state index is 13.1. The van der Waals surface area contributed by atoms with E-state index in [0.29, 0.717) is 33.1 Å². The number of hydrogen-bond donors (Lipinski definition) is 2. The topological polar surface area (TPSA) is 92.3 Å². The summed E-state index contributed by atoms with van der Waals surface area (Å²) in [6.07, 6.45) is 0. The standard InChI is InChI=1S/C29H19ClN2O4S/c30-18-6-3-5-17(15-18)29(36)31-19-11-13-20(14-12-19)37-16-25(33)32-24-10-4-9-23-26(24)28(35)22-8-2-1-7-21(22)27(23)34/h1-15H,16H2,(H,31,36)(H,32,33). The number of thioether (sulfide) groups is 1. The van der Waals surface area contributed by atoms with E-state index >= 15 is 0 Å². The first-order chi connectivity index (χ1) is 17.9. The molecule has 1 aliphatic rings. The number of hydrogen-bond acceptors (Lipinski definition) is 5. The van der Waals surface area contributed by atoms with Crippen LogP contribution in [0.3, 0.4) is 0 Å². The molecule has 0 aromatic heterocycles. The molecule has 0 saturated carbocycles. The van der Waals surface area contributed by atoms with Gasteiger partial charge in [-0.1, -0.05) is 54.1 Å². The molecule has 2 amide bonds. The third kappa shape index (κ3) is 5.18. The van der Waals surface area contributed by atoms with Gasteiger partial charge in [-0.3, -0.25) is 19.2 Å². The number of anilines is 2. The number of benzene rings is 4. The molecule has 0 fully saturated rings. The van der Waals surface area contributed by atoms with Crippen LogP contribution in [-0.4, -0.2) is 29.1 Å². The van der Waals surface area contributed by atoms with E-state index in [2.05, 4.69) is 10.6 Å². The summed E-state index contributed by atoms with van der Waals surface area (Å²) in [5.74, 6) is -1.02. The maximum atomic E-state index is 13.1. The van der Waals surface area contributed by atoms with Gasteiger partial charge in [0.1, 0.15) is 0 Å². The number of carbonyl (C=O) groups is 4. The average molecular weight is 527 g/mol. The van der Waals surface area contributed by atoms with Crippen molar-refractivity contribution in [2.45, 2.75) is 4.90 Å². The lowest BCUT2D eigenvalue weighted by Crippen LogP contribution is -2.24. The first-order valence-electron chi connectivity index (χ1n) is 11.3. The van der Waals surface area contributed by atoms with Crippen molar-refractivity contribution < 1.29 is 19.2 Å². The number of nitrogens with one attached hydrogen (secondary N) is 2. The first-order valence-corrected chi connectivity index (χ1v) is 12.7. The van der Waals surface area contributed by atoms with Crippen molar-refractivity contribution in [2.75, 3.05) is 16.4 Å². The smallest absolute Gasteiger partial charge is 0.255 e. The number of halogens is 1. The lowest BCUT2D eigenvalue weighted by Gasteiger charge is -2.20. The number of rotatable bonds is 6. The van der Waals surface area contributed by atoms with E-state index < -0.39 is 0 Å². The molecule has 4 aromatic rings. The Labute approximate surface area is 222 Å². The highest BCUT2D eigenvalue weighted by Gasteiger charge is 2.31. The summed E-state index contributed by atoms with van der Waals surface area (Å²) in [4.78, 5) is 51.9. The second-order valence-corrected chi connectivity index (χ2v) is 9.74. The minimum atomic E-state index is -0.309. The van der Waals surface area contributed by atoms with Crippen LogP contribution in [0.5, 0.6) is 0 Å². The fraction of sp³-hybridized carbons (Fsp3) is 0.0345. The normalized spacial score (nSPS) is 11.9. The molecule has 0 saturated heterocycles. The van der Waals surface area contributed by atoms with Gasteiger partial charge in [0, 0.05) is 37.9 Å². The fourth-order valence-corrected chi connectivity index (χ4v) is 4.94. The molecule has 6 nitrogen and oxygen atoms in total. The Kier molecular flexibility index (Phi) is 6.90. The predicted molar refractivity (Wildman–Crippen MR) is 145 cm³/mol. The third-order valence-corrected chi connectivity index (χ3v) is 7.04. The first kappa shape index (κ1) is 24.5. The number of amides is 2. The van der Waals surface area contributed by atoms with Gasteiger partial charge in [-0.05, 0) is 48.5 Å². The minimum Gasteiger partial charge on any atom is -0.325 e. The number of carbonyl (C=O) groups excluding carboxylic acids is 4. The van der Waals surface area contributed by atoms with Gasteiger partial charge in [0.15, 0.2) is 11.6 Å². The van der Waals surface area contributed by atoms with Crippen LogP contribution in [0.15, 0.2) is 95.9 Å². The molecule has 37 heavy (non-hydrogen) atoms. The number of ketones is 2. The van der Waals surface area contributed by atoms with E-state index in [1.165, 1.54) is 11.8 Å². The van der Waals surface area contributed by atoms with Gasteiger partial charge in [0.25, 0.3) is 5.91 Å². The van der Waals surface area contributed by atoms with Gasteiger partial charge in [-0.25, -0.2) is 0 Å². The van der Waals surface area contributed by atoms with Crippen molar-refractivity contribution in [1.82, 2.24) is 0 Å². The van der Waals surface area contributed by atoms with Crippen LogP contribution in [0.1, 0.15) is 42.2 Å². The van der Waals surface area contributed by atoms with Crippen LogP contribution in [0.25, 0.3) is 0 Å². The van der Waals surface area contributed by atoms with E-state index in [4.69, 9.17) is 11.6 Å². The molecule has 0 spiro atoms. The van der Waals surface area contributed by atoms with Crippen LogP contribution in [0.4, 0.5) is 11.4 Å². The molecular weight excluding hydrogens is 508 g/mol. The zero-order valence-electron chi connectivity index (χ0n) is 19.3. The summed E-state index contributed by atoms with van der Waals surface area (Å²) in [7, 11) is 0. The summed E-state index contributed by atoms with van der Waals surface area (Å²) in [6, 6.07) is 25.3. The van der Waals surface area contributed by atoms with Crippen LogP contribution < -0.4 is 10.6 Å². The number of fused-ring (bicyclic) bond motifs is 2. The lowest BCUT2D eigenvalue weighted by molar-refractivity contribution is -0.113. The van der Waals surface area contributed by atoms with Gasteiger partial charge < -0.3 is 10.6 Å². The Balaban J connectivity index is 1.22. The van der Waals surface area contributed by atoms with Crippen LogP contribution in [-0.2, 0) is 4.79 Å². The predicted octanol–water partition coefficient (Wildman–Crippen LogP) is 6.10. The van der Waals surface area contributed by atoms with Crippen molar-refractivity contribution in [3.63, 3.8) is 0 Å². The van der Waals surface area contributed by atoms with E-state index in [0.717, 1.165) is 4.90 Å². The molecule has 0 atom stereocenters. The summed E-state index contributed by atoms with van der Waals surface area (Å²) in [6.45, 7) is 0. The summed E-state index contributed by atoms with van der Waals surface area (Å²) >= 11 is 7.25. The van der Waals surface area contributed by atoms with Crippen LogP contribution in [0.2, 0.25) is 5.02 Å². The van der Waals surface area contributed by atoms with E-state index in [9.17, 15) is 19.2 Å². The zero-order chi connectivity index (χ0) is 25.9. The van der Waals surface area contributed by atoms with Gasteiger partial charge in [0.05, 0.1) is 17.0 Å². The molecule has 1 aliphatic carbocycles. The van der Waals surface area contributed by atoms with Crippen molar-refractivity contribution in [3.8, 4) is 0 Å². The van der Waals surface area contributed by atoms with E-state index in [1.54, 1.807) is 91.0 Å². The van der Waals surface area contributed by atoms with Gasteiger partial charge in [0.2, 0.25) is 5.91 Å². The molecule has 0 bridgehead atoms. The van der Waals surface area contributed by atoms with Crippen molar-refractivity contribution >= 4 is 58.1 Å². The van der Waals surface area contributed by atoms with Crippen molar-refractivity contribution in [3.05, 3.63) is 124 Å². The summed E-state index contributed by atoms with van der Waals surface area (Å²) < 4.78 is 0. The third-order valence-electron chi connectivity index (χ3n) is 5.80. The fourth-order valence-electron chi connectivity index (χ4n) is 4.05. The SMILES string of the molecule is O=C(CSc1ccc(NC(=O)c2cccc(Cl)c2)cc1)Nc1cccc2c1C(=O)c1ccccc1C2=O. The van der Waals surface area contributed by atoms with Crippen molar-refractivity contribution in [1.29, 1.82) is 0 Å². The Morgan fingerprint density at radius 1 is 0.730 bits per heavy atom. The Bertz CT molecular complexity index is 1570. The monoisotopic (exact) mass is 526 g/mol. The molecule has 0 unspecified atom stereocenters. The van der Waals surface area contributed by atoms with Crippen LogP contribution in [0, 0.1) is 0 Å². The molecule has 4 aromatic carbocycles. The molecule has 8 heteroatoms. The van der Waals surface area contributed by atoms with Crippen molar-refractivity contribution in [2.24, 2.45) is 0 Å². The Morgan fingerprint density at radius 2 is 1.41 bits per heavy atom. The second kappa shape index (κ2) is 10.4. The van der Waals surface area contributed by atoms with E-state index in [1.807, 2.05) is 0 Å². The maximum Gasteiger partial charge on any atom is 0.255 e. The summed E-state index contributed by atoms with van der Waals surface area (Å²) in [5.41, 5.74) is 2.57. The Morgan fingerprint density at radius 3 is 2.14 bits per heavy atom. The minimum absolute atomic E-state index is 0.0939. The Hall–Kier alpha value is -4.20. The highest BCUT2D eigenvalue weighted by Crippen LogP contribution is 2.32. The molecule has 5 rings (SSSR count). The van der Waals surface area contributed by atoms with Gasteiger partial charge in [-0.15, -0.1) is 11.8 Å².